The molecule has 0 saturated heterocycles. The third kappa shape index (κ3) is 2.25. The van der Waals surface area contributed by atoms with Gasteiger partial charge in [0.15, 0.2) is 0 Å². The number of phenols is 2. The molecule has 3 rings (SSSR count). The average Bonchev–Trinajstić information content (AvgIpc) is 2.75. The minimum atomic E-state index is -0.728. The lowest BCUT2D eigenvalue weighted by atomic mass is 9.96. The van der Waals surface area contributed by atoms with Gasteiger partial charge in [0, 0.05) is 0 Å². The van der Waals surface area contributed by atoms with E-state index in [-0.39, 0.29) is 22.6 Å². The van der Waals surface area contributed by atoms with Crippen LogP contribution in [0.15, 0.2) is 48.5 Å². The monoisotopic (exact) mass is 282 g/mol. The average molecular weight is 282 g/mol. The molecule has 0 fully saturated rings. The fraction of sp³-hybridized carbons (Fsp3) is 0. The zero-order valence-electron chi connectivity index (χ0n) is 10.7. The van der Waals surface area contributed by atoms with Gasteiger partial charge >= 0.3 is 11.9 Å². The topological polar surface area (TPSA) is 83.8 Å². The number of carbonyl (C=O) groups excluding carboxylic acids is 2. The van der Waals surface area contributed by atoms with Gasteiger partial charge < -0.3 is 14.9 Å². The van der Waals surface area contributed by atoms with Crippen LogP contribution in [0.25, 0.3) is 11.1 Å². The molecular formula is C16H10O5. The summed E-state index contributed by atoms with van der Waals surface area (Å²) in [5, 5.41) is 18.6. The van der Waals surface area contributed by atoms with Crippen molar-refractivity contribution in [2.45, 2.75) is 0 Å². The third-order valence-electron chi connectivity index (χ3n) is 3.16. The number of carbonyl (C=O) groups is 2. The van der Waals surface area contributed by atoms with Crippen LogP contribution in [-0.4, -0.2) is 22.2 Å². The molecule has 2 aromatic carbocycles. The van der Waals surface area contributed by atoms with Crippen LogP contribution in [0.5, 0.6) is 11.5 Å². The van der Waals surface area contributed by atoms with Crippen molar-refractivity contribution in [3.8, 4) is 11.5 Å². The summed E-state index contributed by atoms with van der Waals surface area (Å²) in [4.78, 5) is 23.8. The lowest BCUT2D eigenvalue weighted by molar-refractivity contribution is -0.149. The number of phenolic OH excluding ortho intramolecular Hbond substituents is 2. The van der Waals surface area contributed by atoms with Crippen molar-refractivity contribution in [3.63, 3.8) is 0 Å². The van der Waals surface area contributed by atoms with E-state index in [0.29, 0.717) is 11.1 Å². The smallest absolute Gasteiger partial charge is 0.347 e. The zero-order chi connectivity index (χ0) is 15.0. The molecule has 1 aliphatic rings. The summed E-state index contributed by atoms with van der Waals surface area (Å²) in [6.07, 6.45) is 0. The molecule has 21 heavy (non-hydrogen) atoms. The predicted octanol–water partition coefficient (Wildman–Crippen LogP) is 2.09. The summed E-state index contributed by atoms with van der Waals surface area (Å²) < 4.78 is 4.68. The molecule has 1 heterocycles. The molecule has 0 radical (unpaired) electrons. The van der Waals surface area contributed by atoms with Gasteiger partial charge in [-0.2, -0.15) is 0 Å². The first kappa shape index (κ1) is 12.9. The van der Waals surface area contributed by atoms with E-state index in [4.69, 9.17) is 0 Å². The van der Waals surface area contributed by atoms with Crippen LogP contribution >= 0.6 is 0 Å². The van der Waals surface area contributed by atoms with Crippen LogP contribution in [0, 0.1) is 0 Å². The molecule has 0 aliphatic carbocycles. The van der Waals surface area contributed by atoms with E-state index < -0.39 is 11.9 Å². The lowest BCUT2D eigenvalue weighted by Crippen LogP contribution is -2.01. The predicted molar refractivity (Wildman–Crippen MR) is 74.1 cm³/mol. The first-order chi connectivity index (χ1) is 10.1. The molecule has 5 nitrogen and oxygen atoms in total. The van der Waals surface area contributed by atoms with Crippen molar-refractivity contribution >= 4 is 23.1 Å². The Balaban J connectivity index is 2.19. The maximum absolute atomic E-state index is 11.9. The minimum absolute atomic E-state index is 0.0585. The summed E-state index contributed by atoms with van der Waals surface area (Å²) in [6, 6.07) is 11.8. The standard InChI is InChI=1S/C16H10O5/c17-11-5-1-9(2-6-11)13-14(16(20)21-15(13)19)10-3-7-12(18)8-4-10/h1-8,17-18H. The highest BCUT2D eigenvalue weighted by atomic mass is 16.6. The molecule has 104 valence electrons. The first-order valence-corrected chi connectivity index (χ1v) is 6.16. The van der Waals surface area contributed by atoms with Crippen LogP contribution in [0.2, 0.25) is 0 Å². The maximum atomic E-state index is 11.9. The molecule has 2 aromatic rings. The molecule has 0 aromatic heterocycles. The van der Waals surface area contributed by atoms with Crippen molar-refractivity contribution < 1.29 is 24.5 Å². The van der Waals surface area contributed by atoms with Gasteiger partial charge in [-0.25, -0.2) is 9.59 Å². The maximum Gasteiger partial charge on any atom is 0.347 e. The van der Waals surface area contributed by atoms with E-state index in [1.165, 1.54) is 48.5 Å². The number of aromatic hydroxyl groups is 2. The van der Waals surface area contributed by atoms with Gasteiger partial charge in [0.25, 0.3) is 0 Å². The summed E-state index contributed by atoms with van der Waals surface area (Å²) >= 11 is 0. The molecule has 5 heteroatoms. The molecule has 0 amide bonds. The SMILES string of the molecule is O=C1OC(=O)C(c2ccc(O)cc2)=C1c1ccc(O)cc1. The van der Waals surface area contributed by atoms with Crippen molar-refractivity contribution in [1.29, 1.82) is 0 Å². The van der Waals surface area contributed by atoms with Crippen molar-refractivity contribution in [1.82, 2.24) is 0 Å². The quantitative estimate of drug-likeness (QED) is 0.651. The van der Waals surface area contributed by atoms with Crippen molar-refractivity contribution in [3.05, 3.63) is 59.7 Å². The number of ether oxygens (including phenoxy) is 1. The summed E-state index contributed by atoms with van der Waals surface area (Å²) in [5.74, 6) is -1.34. The largest absolute Gasteiger partial charge is 0.508 e. The fourth-order valence-corrected chi connectivity index (χ4v) is 2.17. The fourth-order valence-electron chi connectivity index (χ4n) is 2.17. The van der Waals surface area contributed by atoms with E-state index >= 15 is 0 Å². The molecule has 0 saturated carbocycles. The summed E-state index contributed by atoms with van der Waals surface area (Å²) in [7, 11) is 0. The van der Waals surface area contributed by atoms with Crippen LogP contribution in [0.3, 0.4) is 0 Å². The lowest BCUT2D eigenvalue weighted by Gasteiger charge is -2.03. The van der Waals surface area contributed by atoms with E-state index in [1.807, 2.05) is 0 Å². The summed E-state index contributed by atoms with van der Waals surface area (Å²) in [5.41, 5.74) is 1.25. The normalized spacial score (nSPS) is 14.5. The van der Waals surface area contributed by atoms with E-state index in [2.05, 4.69) is 4.74 Å². The Morgan fingerprint density at radius 3 is 1.29 bits per heavy atom. The number of esters is 2. The zero-order valence-corrected chi connectivity index (χ0v) is 10.7. The van der Waals surface area contributed by atoms with Crippen LogP contribution in [0.1, 0.15) is 11.1 Å². The minimum Gasteiger partial charge on any atom is -0.508 e. The Morgan fingerprint density at radius 2 is 0.952 bits per heavy atom. The number of hydrogen-bond acceptors (Lipinski definition) is 5. The number of hydrogen-bond donors (Lipinski definition) is 2. The molecule has 2 N–H and O–H groups in total. The number of benzene rings is 2. The number of cyclic esters (lactones) is 2. The van der Waals surface area contributed by atoms with Crippen LogP contribution in [-0.2, 0) is 14.3 Å². The van der Waals surface area contributed by atoms with E-state index in [1.54, 1.807) is 0 Å². The number of rotatable bonds is 2. The van der Waals surface area contributed by atoms with Gasteiger partial charge in [-0.05, 0) is 35.4 Å². The van der Waals surface area contributed by atoms with Gasteiger partial charge in [-0.3, -0.25) is 0 Å². The highest BCUT2D eigenvalue weighted by molar-refractivity contribution is 6.44. The first-order valence-electron chi connectivity index (χ1n) is 6.16. The summed E-state index contributed by atoms with van der Waals surface area (Å²) in [6.45, 7) is 0. The Labute approximate surface area is 119 Å². The van der Waals surface area contributed by atoms with E-state index in [9.17, 15) is 19.8 Å². The second-order valence-corrected chi connectivity index (χ2v) is 4.52. The van der Waals surface area contributed by atoms with Crippen LogP contribution < -0.4 is 0 Å². The Kier molecular flexibility index (Phi) is 2.95. The third-order valence-corrected chi connectivity index (χ3v) is 3.16. The second-order valence-electron chi connectivity index (χ2n) is 4.52. The Hall–Kier alpha value is -3.08. The second kappa shape index (κ2) is 4.79. The Morgan fingerprint density at radius 1 is 0.619 bits per heavy atom. The van der Waals surface area contributed by atoms with Crippen molar-refractivity contribution in [2.75, 3.05) is 0 Å². The Bertz CT molecular complexity index is 689. The van der Waals surface area contributed by atoms with Gasteiger partial charge in [-0.15, -0.1) is 0 Å². The molecule has 0 unspecified atom stereocenters. The molecule has 0 spiro atoms. The van der Waals surface area contributed by atoms with E-state index in [0.717, 1.165) is 0 Å². The van der Waals surface area contributed by atoms with Gasteiger partial charge in [0.05, 0.1) is 11.1 Å². The van der Waals surface area contributed by atoms with Gasteiger partial charge in [0.2, 0.25) is 0 Å². The molecule has 0 atom stereocenters. The molecule has 1 aliphatic heterocycles. The van der Waals surface area contributed by atoms with Gasteiger partial charge in [-0.1, -0.05) is 24.3 Å². The highest BCUT2D eigenvalue weighted by Crippen LogP contribution is 2.34. The van der Waals surface area contributed by atoms with Gasteiger partial charge in [0.1, 0.15) is 11.5 Å². The van der Waals surface area contributed by atoms with Crippen molar-refractivity contribution in [2.24, 2.45) is 0 Å². The highest BCUT2D eigenvalue weighted by Gasteiger charge is 2.34. The van der Waals surface area contributed by atoms with Crippen LogP contribution in [0.4, 0.5) is 0 Å². The molecule has 0 bridgehead atoms. The molecular weight excluding hydrogens is 272 g/mol.